The summed E-state index contributed by atoms with van der Waals surface area (Å²) in [6.07, 6.45) is 0. The van der Waals surface area contributed by atoms with Crippen LogP contribution in [0.5, 0.6) is 0 Å². The zero-order chi connectivity index (χ0) is 10.8. The van der Waals surface area contributed by atoms with Gasteiger partial charge < -0.3 is 5.73 Å². The van der Waals surface area contributed by atoms with E-state index < -0.39 is 0 Å². The van der Waals surface area contributed by atoms with Crippen LogP contribution < -0.4 is 5.73 Å². The maximum absolute atomic E-state index is 13.1. The monoisotopic (exact) mass is 270 g/mol. The lowest BCUT2D eigenvalue weighted by atomic mass is 10.2. The Hall–Kier alpha value is -1.27. The summed E-state index contributed by atoms with van der Waals surface area (Å²) in [4.78, 5) is 4.10. The van der Waals surface area contributed by atoms with Gasteiger partial charge >= 0.3 is 0 Å². The molecule has 0 bridgehead atoms. The van der Waals surface area contributed by atoms with E-state index >= 15 is 0 Å². The highest BCUT2D eigenvalue weighted by atomic mass is 79.9. The molecule has 0 saturated carbocycles. The largest absolute Gasteiger partial charge is 0.324 e. The Labute approximate surface area is 93.8 Å². The van der Waals surface area contributed by atoms with Crippen molar-refractivity contribution in [1.82, 2.24) is 15.2 Å². The van der Waals surface area contributed by atoms with Gasteiger partial charge in [-0.05, 0) is 18.2 Å². The Morgan fingerprint density at radius 2 is 2.20 bits per heavy atom. The van der Waals surface area contributed by atoms with Gasteiger partial charge in [0.05, 0.1) is 6.54 Å². The molecule has 0 spiro atoms. The third-order valence-electron chi connectivity index (χ3n) is 1.85. The fourth-order valence-corrected chi connectivity index (χ4v) is 1.66. The Bertz CT molecular complexity index is 462. The Kier molecular flexibility index (Phi) is 2.79. The van der Waals surface area contributed by atoms with E-state index in [0.717, 1.165) is 0 Å². The summed E-state index contributed by atoms with van der Waals surface area (Å²) in [6, 6.07) is 4.49. The first-order valence-corrected chi connectivity index (χ1v) is 5.06. The highest BCUT2D eigenvalue weighted by Gasteiger charge is 2.07. The molecule has 15 heavy (non-hydrogen) atoms. The molecule has 2 aromatic rings. The summed E-state index contributed by atoms with van der Waals surface area (Å²) in [5.41, 5.74) is 5.99. The number of aromatic amines is 1. The molecule has 0 amide bonds. The summed E-state index contributed by atoms with van der Waals surface area (Å²) in [7, 11) is 0. The number of rotatable bonds is 2. The standard InChI is InChI=1S/C9H8BrFN4/c10-6-1-5(2-7(11)3-6)9-13-8(4-12)14-15-9/h1-3H,4,12H2,(H,13,14,15). The summed E-state index contributed by atoms with van der Waals surface area (Å²) < 4.78 is 13.7. The maximum Gasteiger partial charge on any atom is 0.181 e. The predicted molar refractivity (Wildman–Crippen MR) is 57.4 cm³/mol. The van der Waals surface area contributed by atoms with Gasteiger partial charge in [0.15, 0.2) is 5.82 Å². The molecule has 2 rings (SSSR count). The first-order chi connectivity index (χ1) is 7.19. The normalized spacial score (nSPS) is 10.6. The van der Waals surface area contributed by atoms with E-state index in [9.17, 15) is 4.39 Å². The third kappa shape index (κ3) is 2.21. The maximum atomic E-state index is 13.1. The lowest BCUT2D eigenvalue weighted by molar-refractivity contribution is 0.627. The number of benzene rings is 1. The van der Waals surface area contributed by atoms with Crippen LogP contribution in [0, 0.1) is 5.82 Å². The Morgan fingerprint density at radius 3 is 2.80 bits per heavy atom. The number of halogens is 2. The molecule has 0 unspecified atom stereocenters. The number of hydrogen-bond acceptors (Lipinski definition) is 3. The van der Waals surface area contributed by atoms with Crippen LogP contribution >= 0.6 is 15.9 Å². The Morgan fingerprint density at radius 1 is 1.40 bits per heavy atom. The minimum Gasteiger partial charge on any atom is -0.324 e. The smallest absolute Gasteiger partial charge is 0.181 e. The van der Waals surface area contributed by atoms with Crippen LogP contribution in [0.1, 0.15) is 5.82 Å². The minimum absolute atomic E-state index is 0.281. The van der Waals surface area contributed by atoms with Gasteiger partial charge in [-0.15, -0.1) is 0 Å². The summed E-state index contributed by atoms with van der Waals surface area (Å²) in [5, 5.41) is 6.60. The second-order valence-corrected chi connectivity index (χ2v) is 3.88. The highest BCUT2D eigenvalue weighted by Crippen LogP contribution is 2.21. The average molecular weight is 271 g/mol. The van der Waals surface area contributed by atoms with Crippen molar-refractivity contribution in [1.29, 1.82) is 0 Å². The molecule has 0 aliphatic rings. The molecule has 0 saturated heterocycles. The van der Waals surface area contributed by atoms with Crippen LogP contribution in [0.4, 0.5) is 4.39 Å². The molecule has 0 radical (unpaired) electrons. The van der Waals surface area contributed by atoms with Crippen molar-refractivity contribution in [2.45, 2.75) is 6.54 Å². The molecular weight excluding hydrogens is 263 g/mol. The Balaban J connectivity index is 2.44. The van der Waals surface area contributed by atoms with Crippen LogP contribution in [0.15, 0.2) is 22.7 Å². The highest BCUT2D eigenvalue weighted by molar-refractivity contribution is 9.10. The number of nitrogens with two attached hydrogens (primary N) is 1. The van der Waals surface area contributed by atoms with Gasteiger partial charge in [-0.1, -0.05) is 15.9 Å². The molecule has 0 atom stereocenters. The lowest BCUT2D eigenvalue weighted by Crippen LogP contribution is -1.97. The van der Waals surface area contributed by atoms with E-state index in [2.05, 4.69) is 31.1 Å². The quantitative estimate of drug-likeness (QED) is 0.875. The summed E-state index contributed by atoms with van der Waals surface area (Å²) in [6.45, 7) is 0.281. The summed E-state index contributed by atoms with van der Waals surface area (Å²) >= 11 is 3.20. The number of nitrogens with one attached hydrogen (secondary N) is 1. The van der Waals surface area contributed by atoms with Gasteiger partial charge in [0.1, 0.15) is 11.6 Å². The molecule has 1 aromatic heterocycles. The molecule has 3 N–H and O–H groups in total. The van der Waals surface area contributed by atoms with E-state index in [1.54, 1.807) is 6.07 Å². The van der Waals surface area contributed by atoms with Gasteiger partial charge in [0.25, 0.3) is 0 Å². The van der Waals surface area contributed by atoms with Crippen LogP contribution in [0.3, 0.4) is 0 Å². The third-order valence-corrected chi connectivity index (χ3v) is 2.30. The zero-order valence-electron chi connectivity index (χ0n) is 7.67. The minimum atomic E-state index is -0.335. The molecule has 0 aliphatic heterocycles. The van der Waals surface area contributed by atoms with Crippen LogP contribution in [0.2, 0.25) is 0 Å². The zero-order valence-corrected chi connectivity index (χ0v) is 9.25. The number of H-pyrrole nitrogens is 1. The van der Waals surface area contributed by atoms with Crippen molar-refractivity contribution in [2.24, 2.45) is 5.73 Å². The van der Waals surface area contributed by atoms with Crippen molar-refractivity contribution >= 4 is 15.9 Å². The molecular formula is C9H8BrFN4. The number of nitrogens with zero attached hydrogens (tertiary/aromatic N) is 2. The van der Waals surface area contributed by atoms with Crippen molar-refractivity contribution in [3.63, 3.8) is 0 Å². The average Bonchev–Trinajstić information content (AvgIpc) is 2.64. The molecule has 1 heterocycles. The van der Waals surface area contributed by atoms with Crippen molar-refractivity contribution in [3.8, 4) is 11.4 Å². The fraction of sp³-hybridized carbons (Fsp3) is 0.111. The predicted octanol–water partition coefficient (Wildman–Crippen LogP) is 1.83. The van der Waals surface area contributed by atoms with Crippen LogP contribution in [0.25, 0.3) is 11.4 Å². The van der Waals surface area contributed by atoms with E-state index in [0.29, 0.717) is 21.7 Å². The second kappa shape index (κ2) is 4.08. The topological polar surface area (TPSA) is 67.6 Å². The van der Waals surface area contributed by atoms with Gasteiger partial charge in [0.2, 0.25) is 0 Å². The molecule has 4 nitrogen and oxygen atoms in total. The number of aromatic nitrogens is 3. The first-order valence-electron chi connectivity index (χ1n) is 4.27. The molecule has 78 valence electrons. The van der Waals surface area contributed by atoms with Crippen molar-refractivity contribution in [2.75, 3.05) is 0 Å². The van der Waals surface area contributed by atoms with E-state index in [4.69, 9.17) is 5.73 Å². The van der Waals surface area contributed by atoms with E-state index in [1.807, 2.05) is 0 Å². The SMILES string of the molecule is NCc1nc(-c2cc(F)cc(Br)c2)n[nH]1. The summed E-state index contributed by atoms with van der Waals surface area (Å²) in [5.74, 6) is 0.680. The van der Waals surface area contributed by atoms with Crippen molar-refractivity contribution in [3.05, 3.63) is 34.3 Å². The lowest BCUT2D eigenvalue weighted by Gasteiger charge is -1.96. The number of hydrogen-bond donors (Lipinski definition) is 2. The molecule has 0 fully saturated rings. The molecule has 6 heteroatoms. The second-order valence-electron chi connectivity index (χ2n) is 2.97. The molecule has 0 aliphatic carbocycles. The van der Waals surface area contributed by atoms with Gasteiger partial charge in [-0.25, -0.2) is 9.37 Å². The van der Waals surface area contributed by atoms with Gasteiger partial charge in [-0.3, -0.25) is 5.10 Å². The van der Waals surface area contributed by atoms with Crippen LogP contribution in [-0.4, -0.2) is 15.2 Å². The van der Waals surface area contributed by atoms with E-state index in [-0.39, 0.29) is 12.4 Å². The van der Waals surface area contributed by atoms with Crippen molar-refractivity contribution < 1.29 is 4.39 Å². The van der Waals surface area contributed by atoms with Crippen LogP contribution in [-0.2, 0) is 6.54 Å². The first kappa shape index (κ1) is 10.3. The molecule has 1 aromatic carbocycles. The van der Waals surface area contributed by atoms with Gasteiger partial charge in [-0.2, -0.15) is 5.10 Å². The fourth-order valence-electron chi connectivity index (χ4n) is 1.20. The van der Waals surface area contributed by atoms with E-state index in [1.165, 1.54) is 12.1 Å². The van der Waals surface area contributed by atoms with Gasteiger partial charge in [0, 0.05) is 10.0 Å².